The number of amides is 1. The van der Waals surface area contributed by atoms with Crippen LogP contribution in [-0.2, 0) is 17.6 Å². The first-order chi connectivity index (χ1) is 13.3. The van der Waals surface area contributed by atoms with Crippen LogP contribution in [0, 0.1) is 16.0 Å². The second-order valence-electron chi connectivity index (χ2n) is 7.27. The third-order valence-corrected chi connectivity index (χ3v) is 5.80. The fourth-order valence-corrected chi connectivity index (χ4v) is 4.63. The van der Waals surface area contributed by atoms with Crippen molar-refractivity contribution < 1.29 is 19.2 Å². The van der Waals surface area contributed by atoms with Crippen LogP contribution in [0.25, 0.3) is 0 Å². The van der Waals surface area contributed by atoms with Gasteiger partial charge in [0, 0.05) is 22.6 Å². The van der Waals surface area contributed by atoms with Crippen LogP contribution in [0.5, 0.6) is 0 Å². The van der Waals surface area contributed by atoms with Gasteiger partial charge in [-0.05, 0) is 56.7 Å². The minimum atomic E-state index is -0.518. The number of anilines is 1. The number of carbonyl (C=O) groups excluding carboxylic acids is 2. The number of hydrogen-bond acceptors (Lipinski definition) is 6. The van der Waals surface area contributed by atoms with Crippen LogP contribution in [0.15, 0.2) is 24.3 Å². The van der Waals surface area contributed by atoms with Gasteiger partial charge < -0.3 is 10.1 Å². The zero-order valence-corrected chi connectivity index (χ0v) is 16.8. The van der Waals surface area contributed by atoms with E-state index in [1.807, 2.05) is 0 Å². The number of nitro groups is 1. The van der Waals surface area contributed by atoms with Crippen LogP contribution in [0.3, 0.4) is 0 Å². The van der Waals surface area contributed by atoms with Gasteiger partial charge in [-0.3, -0.25) is 14.9 Å². The molecule has 1 amide bonds. The van der Waals surface area contributed by atoms with Crippen LogP contribution in [0.4, 0.5) is 10.7 Å². The van der Waals surface area contributed by atoms with Crippen molar-refractivity contribution in [2.24, 2.45) is 5.92 Å². The molecule has 7 nitrogen and oxygen atoms in total. The monoisotopic (exact) mass is 402 g/mol. The molecule has 8 heteroatoms. The van der Waals surface area contributed by atoms with Crippen LogP contribution in [-0.4, -0.2) is 22.9 Å². The van der Waals surface area contributed by atoms with E-state index in [0.29, 0.717) is 16.5 Å². The molecule has 1 heterocycles. The number of carbonyl (C=O) groups is 2. The third kappa shape index (κ3) is 4.22. The summed E-state index contributed by atoms with van der Waals surface area (Å²) in [7, 11) is 0. The van der Waals surface area contributed by atoms with Crippen LogP contribution in [0.1, 0.15) is 58.3 Å². The van der Waals surface area contributed by atoms with Gasteiger partial charge in [-0.25, -0.2) is 4.79 Å². The normalized spacial score (nSPS) is 15.8. The predicted molar refractivity (Wildman–Crippen MR) is 107 cm³/mol. The van der Waals surface area contributed by atoms with Crippen LogP contribution in [0.2, 0.25) is 0 Å². The zero-order chi connectivity index (χ0) is 20.4. The highest BCUT2D eigenvalue weighted by molar-refractivity contribution is 7.17. The summed E-state index contributed by atoms with van der Waals surface area (Å²) in [5.41, 5.74) is 1.61. The van der Waals surface area contributed by atoms with E-state index in [-0.39, 0.29) is 17.4 Å². The number of fused-ring (bicyclic) bond motifs is 1. The maximum atomic E-state index is 12.7. The Morgan fingerprint density at radius 3 is 2.57 bits per heavy atom. The van der Waals surface area contributed by atoms with Gasteiger partial charge in [0.2, 0.25) is 0 Å². The Balaban J connectivity index is 1.91. The zero-order valence-electron chi connectivity index (χ0n) is 16.0. The van der Waals surface area contributed by atoms with Crippen molar-refractivity contribution in [1.82, 2.24) is 0 Å². The molecule has 1 aliphatic rings. The summed E-state index contributed by atoms with van der Waals surface area (Å²) >= 11 is 1.41. The quantitative estimate of drug-likeness (QED) is 0.448. The van der Waals surface area contributed by atoms with E-state index in [1.165, 1.54) is 35.6 Å². The highest BCUT2D eigenvalue weighted by atomic mass is 32.1. The minimum absolute atomic E-state index is 0.0849. The van der Waals surface area contributed by atoms with Crippen molar-refractivity contribution in [3.05, 3.63) is 55.9 Å². The summed E-state index contributed by atoms with van der Waals surface area (Å²) in [4.78, 5) is 36.7. The molecule has 0 radical (unpaired) electrons. The van der Waals surface area contributed by atoms with Crippen molar-refractivity contribution in [3.8, 4) is 0 Å². The van der Waals surface area contributed by atoms with Crippen molar-refractivity contribution in [3.63, 3.8) is 0 Å². The number of hydrogen-bond donors (Lipinski definition) is 1. The van der Waals surface area contributed by atoms with Gasteiger partial charge in [0.1, 0.15) is 5.00 Å². The molecule has 1 aromatic carbocycles. The van der Waals surface area contributed by atoms with Gasteiger partial charge in [-0.1, -0.05) is 6.92 Å². The van der Waals surface area contributed by atoms with E-state index in [9.17, 15) is 19.7 Å². The first kappa shape index (κ1) is 20.0. The molecular formula is C20H22N2O5S. The van der Waals surface area contributed by atoms with Gasteiger partial charge in [0.05, 0.1) is 16.6 Å². The predicted octanol–water partition coefficient (Wildman–Crippen LogP) is 4.60. The van der Waals surface area contributed by atoms with Gasteiger partial charge in [0.15, 0.2) is 0 Å². The lowest BCUT2D eigenvalue weighted by Crippen LogP contribution is -2.18. The summed E-state index contributed by atoms with van der Waals surface area (Å²) in [5.74, 6) is -0.320. The molecule has 0 fully saturated rings. The van der Waals surface area contributed by atoms with Gasteiger partial charge >= 0.3 is 5.97 Å². The Morgan fingerprint density at radius 1 is 1.29 bits per heavy atom. The average molecular weight is 402 g/mol. The summed E-state index contributed by atoms with van der Waals surface area (Å²) in [6.07, 6.45) is 2.38. The molecule has 1 aliphatic carbocycles. The maximum absolute atomic E-state index is 12.7. The molecule has 28 heavy (non-hydrogen) atoms. The molecule has 0 saturated carbocycles. The molecule has 0 bridgehead atoms. The molecule has 3 rings (SSSR count). The van der Waals surface area contributed by atoms with Crippen molar-refractivity contribution in [1.29, 1.82) is 0 Å². The molecule has 0 aliphatic heterocycles. The van der Waals surface area contributed by atoms with Gasteiger partial charge in [0.25, 0.3) is 11.6 Å². The molecule has 1 N–H and O–H groups in total. The smallest absolute Gasteiger partial charge is 0.341 e. The Kier molecular flexibility index (Phi) is 5.79. The lowest BCUT2D eigenvalue weighted by atomic mass is 9.88. The lowest BCUT2D eigenvalue weighted by Gasteiger charge is -2.18. The molecule has 148 valence electrons. The number of nitro benzene ring substituents is 1. The Labute approximate surface area is 166 Å². The average Bonchev–Trinajstić information content (AvgIpc) is 2.98. The fraction of sp³-hybridized carbons (Fsp3) is 0.400. The largest absolute Gasteiger partial charge is 0.459 e. The number of nitrogens with one attached hydrogen (secondary N) is 1. The van der Waals surface area contributed by atoms with Crippen molar-refractivity contribution >= 4 is 33.9 Å². The number of nitrogens with zero attached hydrogens (tertiary/aromatic N) is 1. The number of rotatable bonds is 5. The van der Waals surface area contributed by atoms with E-state index in [4.69, 9.17) is 4.74 Å². The summed E-state index contributed by atoms with van der Waals surface area (Å²) in [5, 5.41) is 14.1. The molecule has 1 unspecified atom stereocenters. The second-order valence-corrected chi connectivity index (χ2v) is 8.37. The van der Waals surface area contributed by atoms with Crippen molar-refractivity contribution in [2.75, 3.05) is 5.32 Å². The summed E-state index contributed by atoms with van der Waals surface area (Å²) in [6, 6.07) is 5.36. The summed E-state index contributed by atoms with van der Waals surface area (Å²) in [6.45, 7) is 5.74. The Bertz CT molecular complexity index is 917. The minimum Gasteiger partial charge on any atom is -0.459 e. The first-order valence-electron chi connectivity index (χ1n) is 9.17. The van der Waals surface area contributed by atoms with E-state index < -0.39 is 16.8 Å². The van der Waals surface area contributed by atoms with E-state index in [1.54, 1.807) is 13.8 Å². The number of thiophene rings is 1. The number of non-ortho nitro benzene ring substituents is 1. The Morgan fingerprint density at radius 2 is 1.96 bits per heavy atom. The highest BCUT2D eigenvalue weighted by Gasteiger charge is 2.29. The molecule has 1 aromatic heterocycles. The topological polar surface area (TPSA) is 98.5 Å². The van der Waals surface area contributed by atoms with Crippen LogP contribution < -0.4 is 5.32 Å². The molecule has 0 spiro atoms. The number of esters is 1. The van der Waals surface area contributed by atoms with Crippen LogP contribution >= 0.6 is 11.3 Å². The molecule has 0 saturated heterocycles. The number of benzene rings is 1. The fourth-order valence-electron chi connectivity index (χ4n) is 3.24. The first-order valence-corrected chi connectivity index (χ1v) is 9.99. The van der Waals surface area contributed by atoms with E-state index in [2.05, 4.69) is 12.2 Å². The Hall–Kier alpha value is -2.74. The SMILES string of the molecule is CC1CCc2c(sc(NC(=O)c3ccc([N+](=O)[O-])cc3)c2C(=O)OC(C)C)C1. The van der Waals surface area contributed by atoms with Gasteiger partial charge in [-0.15, -0.1) is 11.3 Å². The van der Waals surface area contributed by atoms with Gasteiger partial charge in [-0.2, -0.15) is 0 Å². The molecular weight excluding hydrogens is 380 g/mol. The van der Waals surface area contributed by atoms with E-state index >= 15 is 0 Å². The molecule has 1 atom stereocenters. The lowest BCUT2D eigenvalue weighted by molar-refractivity contribution is -0.384. The second kappa shape index (κ2) is 8.10. The third-order valence-electron chi connectivity index (χ3n) is 4.63. The molecule has 2 aromatic rings. The highest BCUT2D eigenvalue weighted by Crippen LogP contribution is 2.40. The number of ether oxygens (including phenoxy) is 1. The standard InChI is InChI=1S/C20H22N2O5S/c1-11(2)27-20(24)17-15-9-4-12(3)10-16(15)28-19(17)21-18(23)13-5-7-14(8-6-13)22(25)26/h5-8,11-12H,4,9-10H2,1-3H3,(H,21,23). The van der Waals surface area contributed by atoms with E-state index in [0.717, 1.165) is 29.7 Å². The van der Waals surface area contributed by atoms with Crippen molar-refractivity contribution in [2.45, 2.75) is 46.1 Å². The summed E-state index contributed by atoms with van der Waals surface area (Å²) < 4.78 is 5.40. The maximum Gasteiger partial charge on any atom is 0.341 e.